The van der Waals surface area contributed by atoms with Crippen LogP contribution in [0.5, 0.6) is 0 Å². The van der Waals surface area contributed by atoms with Crippen LogP contribution in [0.15, 0.2) is 37.0 Å². The molecule has 0 aromatic carbocycles. The number of hydrogen-bond donors (Lipinski definition) is 0. The Labute approximate surface area is 211 Å². The summed E-state index contributed by atoms with van der Waals surface area (Å²) in [6, 6.07) is 0.462. The van der Waals surface area contributed by atoms with Crippen LogP contribution in [-0.4, -0.2) is 67.4 Å². The van der Waals surface area contributed by atoms with Crippen LogP contribution in [0, 0.1) is 22.2 Å². The van der Waals surface area contributed by atoms with Crippen molar-refractivity contribution in [2.75, 3.05) is 27.0 Å². The van der Waals surface area contributed by atoms with E-state index in [1.54, 1.807) is 7.11 Å². The van der Waals surface area contributed by atoms with Gasteiger partial charge in [0.2, 0.25) is 0 Å². The molecule has 194 valence electrons. The Morgan fingerprint density at radius 2 is 2.03 bits per heavy atom. The van der Waals surface area contributed by atoms with Crippen molar-refractivity contribution in [3.8, 4) is 0 Å². The number of nitrogens with zero attached hydrogens (tertiary/aromatic N) is 1. The molecule has 5 bridgehead atoms. The second-order valence-electron chi connectivity index (χ2n) is 13.3. The average molecular weight is 484 g/mol. The molecule has 7 aliphatic rings. The van der Waals surface area contributed by atoms with Gasteiger partial charge in [0.1, 0.15) is 24.6 Å². The van der Waals surface area contributed by atoms with Crippen LogP contribution in [0.4, 0.5) is 0 Å². The fraction of sp³-hybridized carbons (Fsp3) is 0.800. The van der Waals surface area contributed by atoms with Crippen molar-refractivity contribution in [3.05, 3.63) is 37.0 Å². The number of rotatable bonds is 3. The standard InChI is InChI=1S/C30H45NO4/c1-8-16-31-17-15-29-20(2)24-21(32-7)11-9-10-12-23(31)28(29)13-14-30(25(29)35-24)22(18-28)27(6,26(3,4)5)33-19-34-30/h8-9,11,21-25H,1-2,10,12-19H2,3-7H3/b11-9-/t21?,22-,23-,24?,25-,27+,28-,29+,30-/m1/s1. The second-order valence-corrected chi connectivity index (χ2v) is 13.3. The summed E-state index contributed by atoms with van der Waals surface area (Å²) in [5.74, 6) is 0.267. The highest BCUT2D eigenvalue weighted by Gasteiger charge is 2.82. The molecule has 35 heavy (non-hydrogen) atoms. The molecule has 5 nitrogen and oxygen atoms in total. The third-order valence-electron chi connectivity index (χ3n) is 11.7. The lowest BCUT2D eigenvalue weighted by atomic mass is 9.34. The highest BCUT2D eigenvalue weighted by Crippen LogP contribution is 2.78. The maximum absolute atomic E-state index is 7.21. The molecule has 0 radical (unpaired) electrons. The predicted molar refractivity (Wildman–Crippen MR) is 137 cm³/mol. The molecule has 6 fully saturated rings. The fourth-order valence-corrected chi connectivity index (χ4v) is 9.71. The van der Waals surface area contributed by atoms with Gasteiger partial charge in [-0.3, -0.25) is 4.90 Å². The van der Waals surface area contributed by atoms with Gasteiger partial charge in [-0.1, -0.05) is 45.6 Å². The molecule has 3 aliphatic heterocycles. The fourth-order valence-electron chi connectivity index (χ4n) is 9.71. The summed E-state index contributed by atoms with van der Waals surface area (Å²) >= 11 is 0. The molecule has 0 aromatic heterocycles. The topological polar surface area (TPSA) is 40.2 Å². The zero-order valence-corrected chi connectivity index (χ0v) is 22.5. The van der Waals surface area contributed by atoms with Crippen LogP contribution in [0.1, 0.15) is 66.2 Å². The van der Waals surface area contributed by atoms with Gasteiger partial charge >= 0.3 is 0 Å². The van der Waals surface area contributed by atoms with Crippen molar-refractivity contribution >= 4 is 0 Å². The normalized spacial score (nSPS) is 52.1. The van der Waals surface area contributed by atoms with E-state index in [1.165, 1.54) is 5.57 Å². The molecular weight excluding hydrogens is 438 g/mol. The van der Waals surface area contributed by atoms with Gasteiger partial charge in [-0.15, -0.1) is 6.58 Å². The number of likely N-dealkylation sites (tertiary alicyclic amines) is 1. The third-order valence-corrected chi connectivity index (χ3v) is 11.7. The zero-order valence-electron chi connectivity index (χ0n) is 22.5. The van der Waals surface area contributed by atoms with Crippen molar-refractivity contribution < 1.29 is 18.9 Å². The summed E-state index contributed by atoms with van der Waals surface area (Å²) in [7, 11) is 1.81. The molecule has 0 aromatic rings. The lowest BCUT2D eigenvalue weighted by molar-refractivity contribution is -0.400. The number of hydrogen-bond acceptors (Lipinski definition) is 5. The first-order valence-corrected chi connectivity index (χ1v) is 13.8. The number of allylic oxidation sites excluding steroid dienone is 1. The highest BCUT2D eigenvalue weighted by molar-refractivity contribution is 5.41. The summed E-state index contributed by atoms with van der Waals surface area (Å²) in [4.78, 5) is 2.72. The van der Waals surface area contributed by atoms with E-state index in [0.717, 1.165) is 51.6 Å². The monoisotopic (exact) mass is 483 g/mol. The van der Waals surface area contributed by atoms with E-state index < -0.39 is 0 Å². The molecule has 5 heteroatoms. The van der Waals surface area contributed by atoms with Crippen LogP contribution in [0.25, 0.3) is 0 Å². The third kappa shape index (κ3) is 2.77. The van der Waals surface area contributed by atoms with Crippen LogP contribution in [0.3, 0.4) is 0 Å². The lowest BCUT2D eigenvalue weighted by Crippen LogP contribution is -2.81. The van der Waals surface area contributed by atoms with Crippen molar-refractivity contribution in [2.24, 2.45) is 22.2 Å². The van der Waals surface area contributed by atoms with Crippen LogP contribution >= 0.6 is 0 Å². The van der Waals surface area contributed by atoms with Crippen LogP contribution in [0.2, 0.25) is 0 Å². The molecule has 3 saturated carbocycles. The maximum atomic E-state index is 7.21. The van der Waals surface area contributed by atoms with Gasteiger partial charge in [-0.2, -0.15) is 0 Å². The molecule has 4 aliphatic carbocycles. The maximum Gasteiger partial charge on any atom is 0.148 e. The minimum absolute atomic E-state index is 0.0110. The predicted octanol–water partition coefficient (Wildman–Crippen LogP) is 5.27. The molecule has 7 rings (SSSR count). The van der Waals surface area contributed by atoms with E-state index in [1.807, 2.05) is 0 Å². The van der Waals surface area contributed by atoms with Crippen molar-refractivity contribution in [1.82, 2.24) is 4.90 Å². The Morgan fingerprint density at radius 1 is 1.23 bits per heavy atom. The SMILES string of the molecule is C=CCN1CC[C@]23C(=C)C4O[C@H]2[C@@]25CC[C@@]3(C[C@@H]2[C@@](C)(C(C)(C)C)OCO5)[C@H]1CC/C=C\C4OC. The molecule has 2 unspecified atom stereocenters. The molecule has 3 heterocycles. The second kappa shape index (κ2) is 7.77. The summed E-state index contributed by atoms with van der Waals surface area (Å²) in [5, 5.41) is 0. The summed E-state index contributed by atoms with van der Waals surface area (Å²) in [6.07, 6.45) is 12.9. The van der Waals surface area contributed by atoms with Crippen molar-refractivity contribution in [2.45, 2.75) is 102 Å². The van der Waals surface area contributed by atoms with Gasteiger partial charge in [0.25, 0.3) is 0 Å². The van der Waals surface area contributed by atoms with Crippen molar-refractivity contribution in [1.29, 1.82) is 0 Å². The molecule has 0 N–H and O–H groups in total. The van der Waals surface area contributed by atoms with Crippen LogP contribution < -0.4 is 0 Å². The van der Waals surface area contributed by atoms with E-state index in [9.17, 15) is 0 Å². The van der Waals surface area contributed by atoms with Gasteiger partial charge in [0.05, 0.1) is 11.7 Å². The lowest BCUT2D eigenvalue weighted by Gasteiger charge is -2.76. The van der Waals surface area contributed by atoms with Gasteiger partial charge < -0.3 is 18.9 Å². The largest absolute Gasteiger partial charge is 0.374 e. The van der Waals surface area contributed by atoms with Crippen LogP contribution in [-0.2, 0) is 18.9 Å². The first-order valence-electron chi connectivity index (χ1n) is 13.8. The summed E-state index contributed by atoms with van der Waals surface area (Å²) in [5.41, 5.74) is 0.591. The quantitative estimate of drug-likeness (QED) is 0.512. The van der Waals surface area contributed by atoms with E-state index in [0.29, 0.717) is 12.8 Å². The summed E-state index contributed by atoms with van der Waals surface area (Å²) in [6.45, 7) is 20.6. The van der Waals surface area contributed by atoms with E-state index in [4.69, 9.17) is 25.5 Å². The Bertz CT molecular complexity index is 939. The van der Waals surface area contributed by atoms with E-state index >= 15 is 0 Å². The van der Waals surface area contributed by atoms with E-state index in [2.05, 4.69) is 57.4 Å². The van der Waals surface area contributed by atoms with Gasteiger partial charge in [0, 0.05) is 31.0 Å². The van der Waals surface area contributed by atoms with Gasteiger partial charge in [-0.05, 0) is 68.4 Å². The first kappa shape index (κ1) is 24.4. The molecule has 0 amide bonds. The minimum atomic E-state index is -0.346. The summed E-state index contributed by atoms with van der Waals surface area (Å²) < 4.78 is 26.7. The first-order chi connectivity index (χ1) is 16.6. The Morgan fingerprint density at radius 3 is 2.74 bits per heavy atom. The highest BCUT2D eigenvalue weighted by atomic mass is 16.7. The van der Waals surface area contributed by atoms with Gasteiger partial charge in [0.15, 0.2) is 0 Å². The molecule has 9 atom stereocenters. The minimum Gasteiger partial charge on any atom is -0.374 e. The zero-order chi connectivity index (χ0) is 24.9. The smallest absolute Gasteiger partial charge is 0.148 e. The van der Waals surface area contributed by atoms with Crippen molar-refractivity contribution in [3.63, 3.8) is 0 Å². The number of fused-ring (bicyclic) bond motifs is 2. The average Bonchev–Trinajstić information content (AvgIpc) is 3.13. The Balaban J connectivity index is 1.59. The van der Waals surface area contributed by atoms with Gasteiger partial charge in [-0.25, -0.2) is 0 Å². The molecular formula is C30H45NO4. The Hall–Kier alpha value is -0.980. The number of piperidine rings is 1. The molecule has 3 spiro atoms. The Kier molecular flexibility index (Phi) is 5.41. The molecule has 3 saturated heterocycles. The number of methoxy groups -OCH3 is 1. The van der Waals surface area contributed by atoms with E-state index in [-0.39, 0.29) is 51.7 Å². The number of ether oxygens (including phenoxy) is 4.